The lowest BCUT2D eigenvalue weighted by Gasteiger charge is -2.04. The largest absolute Gasteiger partial charge is 0.424 e. The average molecular weight is 285 g/mol. The standard InChI is InChI=1S/C11H12FN3O3S/c1-8-14-15-11(18-8)6-13-19(16,17)7-9-2-4-10(12)5-3-9/h2-5,13H,6-7H2,1H3. The van der Waals surface area contributed by atoms with Crippen molar-refractivity contribution in [3.8, 4) is 0 Å². The van der Waals surface area contributed by atoms with Crippen molar-refractivity contribution in [1.82, 2.24) is 14.9 Å². The molecule has 0 aliphatic rings. The fraction of sp³-hybridized carbons (Fsp3) is 0.273. The molecule has 0 amide bonds. The van der Waals surface area contributed by atoms with Gasteiger partial charge in [-0.05, 0) is 17.7 Å². The first-order valence-electron chi connectivity index (χ1n) is 5.45. The van der Waals surface area contributed by atoms with Crippen molar-refractivity contribution in [2.75, 3.05) is 0 Å². The van der Waals surface area contributed by atoms with Crippen molar-refractivity contribution < 1.29 is 17.2 Å². The minimum atomic E-state index is -3.54. The van der Waals surface area contributed by atoms with E-state index < -0.39 is 15.8 Å². The van der Waals surface area contributed by atoms with Crippen LogP contribution in [-0.2, 0) is 22.3 Å². The number of aromatic nitrogens is 2. The highest BCUT2D eigenvalue weighted by Crippen LogP contribution is 2.07. The highest BCUT2D eigenvalue weighted by Gasteiger charge is 2.13. The summed E-state index contributed by atoms with van der Waals surface area (Å²) in [5.41, 5.74) is 0.496. The van der Waals surface area contributed by atoms with Crippen LogP contribution in [-0.4, -0.2) is 18.6 Å². The van der Waals surface area contributed by atoms with Gasteiger partial charge in [0.2, 0.25) is 21.8 Å². The van der Waals surface area contributed by atoms with Crippen molar-refractivity contribution in [3.63, 3.8) is 0 Å². The molecule has 6 nitrogen and oxygen atoms in total. The average Bonchev–Trinajstić information content (AvgIpc) is 2.76. The van der Waals surface area contributed by atoms with Crippen LogP contribution >= 0.6 is 0 Å². The molecule has 8 heteroatoms. The Labute approximate surface area is 109 Å². The number of sulfonamides is 1. The van der Waals surface area contributed by atoms with Crippen LogP contribution in [0.25, 0.3) is 0 Å². The van der Waals surface area contributed by atoms with Gasteiger partial charge in [-0.25, -0.2) is 17.5 Å². The quantitative estimate of drug-likeness (QED) is 0.890. The van der Waals surface area contributed by atoms with Gasteiger partial charge >= 0.3 is 0 Å². The van der Waals surface area contributed by atoms with Gasteiger partial charge in [-0.2, -0.15) is 0 Å². The summed E-state index contributed by atoms with van der Waals surface area (Å²) in [5.74, 6) is -0.0798. The molecule has 1 heterocycles. The van der Waals surface area contributed by atoms with E-state index in [1.165, 1.54) is 24.3 Å². The molecule has 0 aliphatic carbocycles. The summed E-state index contributed by atoms with van der Waals surface area (Å²) in [5, 5.41) is 7.26. The third kappa shape index (κ3) is 4.11. The summed E-state index contributed by atoms with van der Waals surface area (Å²) in [7, 11) is -3.54. The lowest BCUT2D eigenvalue weighted by atomic mass is 10.2. The summed E-state index contributed by atoms with van der Waals surface area (Å²) in [6.07, 6.45) is 0. The van der Waals surface area contributed by atoms with Crippen LogP contribution in [0.1, 0.15) is 17.3 Å². The first-order valence-corrected chi connectivity index (χ1v) is 7.10. The highest BCUT2D eigenvalue weighted by atomic mass is 32.2. The summed E-state index contributed by atoms with van der Waals surface area (Å²) in [4.78, 5) is 0. The van der Waals surface area contributed by atoms with E-state index in [0.717, 1.165) is 0 Å². The normalized spacial score (nSPS) is 11.7. The Balaban J connectivity index is 1.97. The van der Waals surface area contributed by atoms with Crippen molar-refractivity contribution in [2.24, 2.45) is 0 Å². The minimum Gasteiger partial charge on any atom is -0.424 e. The maximum atomic E-state index is 12.7. The Kier molecular flexibility index (Phi) is 3.91. The predicted octanol–water partition coefficient (Wildman–Crippen LogP) is 1.14. The molecule has 1 aromatic carbocycles. The van der Waals surface area contributed by atoms with Gasteiger partial charge in [-0.3, -0.25) is 0 Å². The number of nitrogens with one attached hydrogen (secondary N) is 1. The Morgan fingerprint density at radius 3 is 2.53 bits per heavy atom. The molecule has 2 rings (SSSR count). The number of nitrogens with zero attached hydrogens (tertiary/aromatic N) is 2. The fourth-order valence-electron chi connectivity index (χ4n) is 1.43. The van der Waals surface area contributed by atoms with Crippen LogP contribution in [0.3, 0.4) is 0 Å². The second kappa shape index (κ2) is 5.45. The summed E-state index contributed by atoms with van der Waals surface area (Å²) < 4.78 is 43.6. The Morgan fingerprint density at radius 2 is 1.95 bits per heavy atom. The topological polar surface area (TPSA) is 85.1 Å². The van der Waals surface area contributed by atoms with E-state index in [4.69, 9.17) is 4.42 Å². The van der Waals surface area contributed by atoms with Crippen LogP contribution in [0, 0.1) is 12.7 Å². The van der Waals surface area contributed by atoms with Gasteiger partial charge in [0.25, 0.3) is 0 Å². The molecule has 0 spiro atoms. The molecule has 1 aromatic heterocycles. The van der Waals surface area contributed by atoms with Crippen molar-refractivity contribution in [1.29, 1.82) is 0 Å². The lowest BCUT2D eigenvalue weighted by Crippen LogP contribution is -2.24. The lowest BCUT2D eigenvalue weighted by molar-refractivity contribution is 0.460. The minimum absolute atomic E-state index is 0.0651. The van der Waals surface area contributed by atoms with Gasteiger partial charge in [-0.1, -0.05) is 12.1 Å². The SMILES string of the molecule is Cc1nnc(CNS(=O)(=O)Cc2ccc(F)cc2)o1. The van der Waals surface area contributed by atoms with E-state index in [9.17, 15) is 12.8 Å². The number of benzene rings is 1. The second-order valence-corrected chi connectivity index (χ2v) is 5.73. The van der Waals surface area contributed by atoms with Gasteiger partial charge in [0.1, 0.15) is 5.82 Å². The number of aryl methyl sites for hydroxylation is 1. The van der Waals surface area contributed by atoms with E-state index in [-0.39, 0.29) is 18.2 Å². The number of hydrogen-bond donors (Lipinski definition) is 1. The molecular weight excluding hydrogens is 273 g/mol. The fourth-order valence-corrected chi connectivity index (χ4v) is 2.51. The molecule has 0 fully saturated rings. The molecule has 0 atom stereocenters. The van der Waals surface area contributed by atoms with E-state index >= 15 is 0 Å². The van der Waals surface area contributed by atoms with E-state index in [1.54, 1.807) is 6.92 Å². The Hall–Kier alpha value is -1.80. The van der Waals surface area contributed by atoms with Gasteiger partial charge in [0.05, 0.1) is 12.3 Å². The van der Waals surface area contributed by atoms with Crippen LogP contribution < -0.4 is 4.72 Å². The zero-order valence-corrected chi connectivity index (χ0v) is 10.9. The molecule has 0 aliphatic heterocycles. The van der Waals surface area contributed by atoms with Crippen molar-refractivity contribution >= 4 is 10.0 Å². The molecule has 0 unspecified atom stereocenters. The molecule has 0 saturated heterocycles. The maximum Gasteiger partial charge on any atom is 0.231 e. The van der Waals surface area contributed by atoms with Crippen LogP contribution in [0.4, 0.5) is 4.39 Å². The Morgan fingerprint density at radius 1 is 1.26 bits per heavy atom. The molecule has 2 aromatic rings. The molecule has 0 saturated carbocycles. The first-order chi connectivity index (χ1) is 8.94. The molecule has 0 bridgehead atoms. The first kappa shape index (κ1) is 13.6. The number of halogens is 1. The molecule has 0 radical (unpaired) electrons. The van der Waals surface area contributed by atoms with Gasteiger partial charge in [0, 0.05) is 6.92 Å². The van der Waals surface area contributed by atoms with Crippen LogP contribution in [0.15, 0.2) is 28.7 Å². The Bertz CT molecular complexity index is 652. The second-order valence-electron chi connectivity index (χ2n) is 3.92. The monoisotopic (exact) mass is 285 g/mol. The van der Waals surface area contributed by atoms with E-state index in [2.05, 4.69) is 14.9 Å². The smallest absolute Gasteiger partial charge is 0.231 e. The van der Waals surface area contributed by atoms with Gasteiger partial charge < -0.3 is 4.42 Å². The van der Waals surface area contributed by atoms with Crippen molar-refractivity contribution in [2.45, 2.75) is 19.2 Å². The van der Waals surface area contributed by atoms with Gasteiger partial charge in [-0.15, -0.1) is 10.2 Å². The summed E-state index contributed by atoms with van der Waals surface area (Å²) in [6.45, 7) is 1.55. The van der Waals surface area contributed by atoms with Crippen molar-refractivity contribution in [3.05, 3.63) is 47.4 Å². The zero-order valence-electron chi connectivity index (χ0n) is 10.1. The summed E-state index contributed by atoms with van der Waals surface area (Å²) >= 11 is 0. The third-order valence-electron chi connectivity index (χ3n) is 2.28. The van der Waals surface area contributed by atoms with Gasteiger partial charge in [0.15, 0.2) is 0 Å². The maximum absolute atomic E-state index is 12.7. The highest BCUT2D eigenvalue weighted by molar-refractivity contribution is 7.88. The van der Waals surface area contributed by atoms with E-state index in [1.807, 2.05) is 0 Å². The molecule has 102 valence electrons. The van der Waals surface area contributed by atoms with E-state index in [0.29, 0.717) is 11.5 Å². The number of hydrogen-bond acceptors (Lipinski definition) is 5. The van der Waals surface area contributed by atoms with Crippen LogP contribution in [0.5, 0.6) is 0 Å². The molecule has 1 N–H and O–H groups in total. The third-order valence-corrected chi connectivity index (χ3v) is 3.58. The van der Waals surface area contributed by atoms with Crippen LogP contribution in [0.2, 0.25) is 0 Å². The molecule has 19 heavy (non-hydrogen) atoms. The predicted molar refractivity (Wildman–Crippen MR) is 64.9 cm³/mol. The summed E-state index contributed by atoms with van der Waals surface area (Å²) in [6, 6.07) is 5.27. The molecular formula is C11H12FN3O3S. The zero-order chi connectivity index (χ0) is 13.9. The number of rotatable bonds is 5.